The van der Waals surface area contributed by atoms with Crippen LogP contribution < -0.4 is 14.5 Å². The Morgan fingerprint density at radius 2 is 1.77 bits per heavy atom. The molecule has 1 amide bonds. The molecule has 1 N–H and O–H groups in total. The number of amides is 1. The van der Waals surface area contributed by atoms with Gasteiger partial charge in [0.1, 0.15) is 6.54 Å². The molecule has 0 bridgehead atoms. The van der Waals surface area contributed by atoms with Crippen molar-refractivity contribution < 1.29 is 13.2 Å². The van der Waals surface area contributed by atoms with Crippen LogP contribution in [0.15, 0.2) is 46.9 Å². The zero-order chi connectivity index (χ0) is 21.7. The number of sulfonamides is 1. The van der Waals surface area contributed by atoms with E-state index in [9.17, 15) is 13.2 Å². The lowest BCUT2D eigenvalue weighted by Crippen LogP contribution is -2.40. The predicted molar refractivity (Wildman–Crippen MR) is 125 cm³/mol. The summed E-state index contributed by atoms with van der Waals surface area (Å²) < 4.78 is 26.5. The fraction of sp³-hybridized carbons (Fsp3) is 0.409. The third kappa shape index (κ3) is 5.98. The number of piperidine rings is 1. The van der Waals surface area contributed by atoms with Gasteiger partial charge in [0.25, 0.3) is 0 Å². The fourth-order valence-corrected chi connectivity index (χ4v) is 4.64. The van der Waals surface area contributed by atoms with Crippen LogP contribution in [0.2, 0.25) is 0 Å². The topological polar surface area (TPSA) is 69.7 Å². The summed E-state index contributed by atoms with van der Waals surface area (Å²) in [6, 6.07) is 13.4. The van der Waals surface area contributed by atoms with E-state index in [2.05, 4.69) is 38.3 Å². The molecular formula is C22H28BrN3O3S. The molecule has 1 saturated heterocycles. The van der Waals surface area contributed by atoms with Gasteiger partial charge in [0.15, 0.2) is 0 Å². The number of hydrogen-bond acceptors (Lipinski definition) is 4. The number of nitrogens with one attached hydrogen (secondary N) is 1. The second-order valence-electron chi connectivity index (χ2n) is 7.69. The first-order valence-electron chi connectivity index (χ1n) is 10.1. The number of halogens is 1. The molecule has 30 heavy (non-hydrogen) atoms. The van der Waals surface area contributed by atoms with Crippen LogP contribution in [0.5, 0.6) is 0 Å². The first-order valence-corrected chi connectivity index (χ1v) is 12.7. The van der Waals surface area contributed by atoms with Crippen LogP contribution in [-0.2, 0) is 21.4 Å². The van der Waals surface area contributed by atoms with Crippen molar-refractivity contribution in [3.8, 4) is 0 Å². The van der Waals surface area contributed by atoms with Crippen LogP contribution in [0.25, 0.3) is 0 Å². The molecule has 1 aliphatic rings. The highest BCUT2D eigenvalue weighted by Gasteiger charge is 2.21. The van der Waals surface area contributed by atoms with Crippen molar-refractivity contribution >= 4 is 43.2 Å². The molecule has 0 radical (unpaired) electrons. The van der Waals surface area contributed by atoms with Crippen molar-refractivity contribution in [1.82, 2.24) is 5.32 Å². The monoisotopic (exact) mass is 493 g/mol. The predicted octanol–water partition coefficient (Wildman–Crippen LogP) is 3.83. The van der Waals surface area contributed by atoms with Gasteiger partial charge in [-0.3, -0.25) is 9.10 Å². The molecule has 1 heterocycles. The molecule has 1 aliphatic heterocycles. The summed E-state index contributed by atoms with van der Waals surface area (Å²) in [7, 11) is -3.59. The Morgan fingerprint density at radius 3 is 2.37 bits per heavy atom. The van der Waals surface area contributed by atoms with E-state index in [0.29, 0.717) is 12.2 Å². The molecule has 0 aromatic heterocycles. The SMILES string of the molecule is Cc1cc(N(CC(=O)NCc2ccc(N3CCCCC3)cc2)S(C)(=O)=O)ccc1Br. The summed E-state index contributed by atoms with van der Waals surface area (Å²) in [5.41, 5.74) is 3.56. The van der Waals surface area contributed by atoms with Gasteiger partial charge in [-0.15, -0.1) is 0 Å². The Kier molecular flexibility index (Phi) is 7.41. The second-order valence-corrected chi connectivity index (χ2v) is 10.5. The third-order valence-electron chi connectivity index (χ3n) is 5.26. The van der Waals surface area contributed by atoms with Gasteiger partial charge in [0, 0.05) is 29.8 Å². The lowest BCUT2D eigenvalue weighted by Gasteiger charge is -2.28. The Hall–Kier alpha value is -2.06. The number of nitrogens with zero attached hydrogens (tertiary/aromatic N) is 2. The van der Waals surface area contributed by atoms with Gasteiger partial charge < -0.3 is 10.2 Å². The Balaban J connectivity index is 1.61. The van der Waals surface area contributed by atoms with E-state index in [-0.39, 0.29) is 12.5 Å². The minimum absolute atomic E-state index is 0.258. The normalized spacial score (nSPS) is 14.4. The standard InChI is InChI=1S/C22H28BrN3O3S/c1-17-14-20(10-11-21(17)23)26(30(2,28)29)16-22(27)24-15-18-6-8-19(9-7-18)25-12-4-3-5-13-25/h6-11,14H,3-5,12-13,15-16H2,1-2H3,(H,24,27). The van der Waals surface area contributed by atoms with E-state index in [1.807, 2.05) is 19.1 Å². The highest BCUT2D eigenvalue weighted by molar-refractivity contribution is 9.10. The van der Waals surface area contributed by atoms with E-state index in [1.165, 1.54) is 24.9 Å². The number of benzene rings is 2. The van der Waals surface area contributed by atoms with Gasteiger partial charge in [-0.1, -0.05) is 28.1 Å². The highest BCUT2D eigenvalue weighted by atomic mass is 79.9. The maximum atomic E-state index is 12.5. The molecule has 2 aromatic rings. The average molecular weight is 494 g/mol. The largest absolute Gasteiger partial charge is 0.372 e. The van der Waals surface area contributed by atoms with Crippen LogP contribution >= 0.6 is 15.9 Å². The smallest absolute Gasteiger partial charge is 0.241 e. The van der Waals surface area contributed by atoms with Crippen LogP contribution in [0.1, 0.15) is 30.4 Å². The van der Waals surface area contributed by atoms with Crippen molar-refractivity contribution in [3.63, 3.8) is 0 Å². The summed E-state index contributed by atoms with van der Waals surface area (Å²) in [6.07, 6.45) is 4.86. The van der Waals surface area contributed by atoms with Crippen molar-refractivity contribution in [2.24, 2.45) is 0 Å². The average Bonchev–Trinajstić information content (AvgIpc) is 2.73. The Labute approximate surface area is 187 Å². The zero-order valence-electron chi connectivity index (χ0n) is 17.4. The van der Waals surface area contributed by atoms with Gasteiger partial charge in [-0.25, -0.2) is 8.42 Å². The molecule has 0 atom stereocenters. The maximum absolute atomic E-state index is 12.5. The van der Waals surface area contributed by atoms with E-state index in [0.717, 1.165) is 39.3 Å². The number of hydrogen-bond donors (Lipinski definition) is 1. The van der Waals surface area contributed by atoms with Crippen molar-refractivity contribution in [3.05, 3.63) is 58.1 Å². The van der Waals surface area contributed by atoms with Crippen LogP contribution in [0.4, 0.5) is 11.4 Å². The molecule has 1 fully saturated rings. The van der Waals surface area contributed by atoms with E-state index < -0.39 is 10.0 Å². The second kappa shape index (κ2) is 9.83. The van der Waals surface area contributed by atoms with E-state index in [1.54, 1.807) is 18.2 Å². The summed E-state index contributed by atoms with van der Waals surface area (Å²) in [5.74, 6) is -0.346. The molecule has 162 valence electrons. The summed E-state index contributed by atoms with van der Waals surface area (Å²) in [4.78, 5) is 14.9. The maximum Gasteiger partial charge on any atom is 0.241 e. The molecule has 0 aliphatic carbocycles. The molecule has 8 heteroatoms. The third-order valence-corrected chi connectivity index (χ3v) is 7.29. The van der Waals surface area contributed by atoms with Crippen molar-refractivity contribution in [2.45, 2.75) is 32.7 Å². The first kappa shape index (κ1) is 22.6. The van der Waals surface area contributed by atoms with Gasteiger partial charge in [-0.2, -0.15) is 0 Å². The van der Waals surface area contributed by atoms with Gasteiger partial charge in [0.2, 0.25) is 15.9 Å². The number of rotatable bonds is 7. The Morgan fingerprint density at radius 1 is 1.10 bits per heavy atom. The van der Waals surface area contributed by atoms with Gasteiger partial charge >= 0.3 is 0 Å². The Bertz CT molecular complexity index is 987. The van der Waals surface area contributed by atoms with Crippen molar-refractivity contribution in [2.75, 3.05) is 35.1 Å². The van der Waals surface area contributed by atoms with Gasteiger partial charge in [0.05, 0.1) is 11.9 Å². The van der Waals surface area contributed by atoms with Crippen LogP contribution in [0.3, 0.4) is 0 Å². The van der Waals surface area contributed by atoms with Crippen LogP contribution in [-0.4, -0.2) is 40.2 Å². The molecule has 6 nitrogen and oxygen atoms in total. The minimum atomic E-state index is -3.59. The molecule has 3 rings (SSSR count). The molecule has 0 unspecified atom stereocenters. The zero-order valence-corrected chi connectivity index (χ0v) is 19.8. The van der Waals surface area contributed by atoms with Crippen LogP contribution in [0, 0.1) is 6.92 Å². The summed E-state index contributed by atoms with van der Waals surface area (Å²) in [6.45, 7) is 4.16. The summed E-state index contributed by atoms with van der Waals surface area (Å²) in [5, 5.41) is 2.83. The highest BCUT2D eigenvalue weighted by Crippen LogP contribution is 2.24. The lowest BCUT2D eigenvalue weighted by molar-refractivity contribution is -0.119. The quantitative estimate of drug-likeness (QED) is 0.636. The van der Waals surface area contributed by atoms with Crippen molar-refractivity contribution in [1.29, 1.82) is 0 Å². The number of aryl methyl sites for hydroxylation is 1. The lowest BCUT2D eigenvalue weighted by atomic mass is 10.1. The summed E-state index contributed by atoms with van der Waals surface area (Å²) >= 11 is 3.41. The molecule has 0 saturated carbocycles. The van der Waals surface area contributed by atoms with Gasteiger partial charge in [-0.05, 0) is 67.6 Å². The molecule has 2 aromatic carbocycles. The molecular weight excluding hydrogens is 466 g/mol. The minimum Gasteiger partial charge on any atom is -0.372 e. The number of anilines is 2. The molecule has 0 spiro atoms. The van der Waals surface area contributed by atoms with E-state index >= 15 is 0 Å². The number of carbonyl (C=O) groups is 1. The fourth-order valence-electron chi connectivity index (χ4n) is 3.55. The van der Waals surface area contributed by atoms with E-state index in [4.69, 9.17) is 0 Å². The number of carbonyl (C=O) groups excluding carboxylic acids is 1. The first-order chi connectivity index (χ1) is 14.2.